The summed E-state index contributed by atoms with van der Waals surface area (Å²) in [7, 11) is 1.29. The van der Waals surface area contributed by atoms with Crippen LogP contribution >= 0.6 is 0 Å². The summed E-state index contributed by atoms with van der Waals surface area (Å²) < 4.78 is 45.5. The number of halogens is 3. The van der Waals surface area contributed by atoms with Gasteiger partial charge in [-0.05, 0) is 72.9 Å². The maximum absolute atomic E-state index is 13.0. The maximum atomic E-state index is 13.0. The molecule has 0 aliphatic carbocycles. The lowest BCUT2D eigenvalue weighted by Crippen LogP contribution is -2.17. The monoisotopic (exact) mass is 459 g/mol. The van der Waals surface area contributed by atoms with Gasteiger partial charge in [0.15, 0.2) is 0 Å². The second kappa shape index (κ2) is 10.1. The molecule has 3 rings (SSSR count). The van der Waals surface area contributed by atoms with Crippen LogP contribution in [-0.4, -0.2) is 29.0 Å². The third-order valence-electron chi connectivity index (χ3n) is 5.46. The zero-order chi connectivity index (χ0) is 24.2. The summed E-state index contributed by atoms with van der Waals surface area (Å²) in [5.41, 5.74) is 4.44. The maximum Gasteiger partial charge on any atom is 0.389 e. The number of methoxy groups -OCH3 is 1. The third-order valence-corrected chi connectivity index (χ3v) is 5.46. The number of carbonyl (C=O) groups excluding carboxylic acids is 1. The molecule has 8 heteroatoms. The molecule has 0 fully saturated rings. The highest BCUT2D eigenvalue weighted by Crippen LogP contribution is 2.32. The molecule has 0 amide bonds. The molecular weight excluding hydrogens is 431 g/mol. The van der Waals surface area contributed by atoms with Gasteiger partial charge < -0.3 is 10.1 Å². The zero-order valence-electron chi connectivity index (χ0n) is 19.1. The van der Waals surface area contributed by atoms with Gasteiger partial charge in [0.25, 0.3) is 0 Å². The minimum Gasteiger partial charge on any atom is -0.465 e. The Hall–Kier alpha value is -3.29. The van der Waals surface area contributed by atoms with E-state index in [0.717, 1.165) is 22.5 Å². The van der Waals surface area contributed by atoms with Crippen LogP contribution in [-0.2, 0) is 4.74 Å². The van der Waals surface area contributed by atoms with Crippen LogP contribution in [0.3, 0.4) is 0 Å². The Morgan fingerprint density at radius 3 is 2.36 bits per heavy atom. The van der Waals surface area contributed by atoms with Gasteiger partial charge in [-0.25, -0.2) is 9.48 Å². The second-order valence-electron chi connectivity index (χ2n) is 8.30. The van der Waals surface area contributed by atoms with Crippen LogP contribution in [0.25, 0.3) is 5.69 Å². The topological polar surface area (TPSA) is 56.1 Å². The van der Waals surface area contributed by atoms with Gasteiger partial charge in [-0.2, -0.15) is 18.3 Å². The van der Waals surface area contributed by atoms with E-state index in [2.05, 4.69) is 29.0 Å². The molecule has 0 saturated carbocycles. The number of ether oxygens (including phenoxy) is 1. The fourth-order valence-corrected chi connectivity index (χ4v) is 3.62. The zero-order valence-corrected chi connectivity index (χ0v) is 19.1. The van der Waals surface area contributed by atoms with E-state index in [1.807, 2.05) is 37.4 Å². The Bertz CT molecular complexity index is 1090. The molecule has 0 bridgehead atoms. The van der Waals surface area contributed by atoms with Crippen LogP contribution in [0, 0.1) is 6.92 Å². The first-order valence-corrected chi connectivity index (χ1v) is 10.8. The fourth-order valence-electron chi connectivity index (χ4n) is 3.62. The molecular formula is C25H28F3N3O2. The molecule has 1 heterocycles. The molecule has 1 N–H and O–H groups in total. The van der Waals surface area contributed by atoms with Crippen molar-refractivity contribution in [2.75, 3.05) is 12.4 Å². The number of carbonyl (C=O) groups is 1. The standard InChI is InChI=1S/C25H28F3N3O2/c1-16(2)22-12-14-31(30-22)20-9-10-21(17(3)15-20)23(11-13-25(26,27)28)29-19-7-5-18(6-8-19)24(32)33-4/h5-10,12,14-16,23,29H,11,13H2,1-4H3. The predicted octanol–water partition coefficient (Wildman–Crippen LogP) is 6.59. The summed E-state index contributed by atoms with van der Waals surface area (Å²) in [5, 5.41) is 7.77. The largest absolute Gasteiger partial charge is 0.465 e. The van der Waals surface area contributed by atoms with Crippen molar-refractivity contribution in [1.29, 1.82) is 0 Å². The molecule has 1 aromatic heterocycles. The molecule has 0 radical (unpaired) electrons. The van der Waals surface area contributed by atoms with Crippen molar-refractivity contribution < 1.29 is 22.7 Å². The van der Waals surface area contributed by atoms with Crippen LogP contribution in [0.4, 0.5) is 18.9 Å². The SMILES string of the molecule is COC(=O)c1ccc(NC(CCC(F)(F)F)c2ccc(-n3ccc(C(C)C)n3)cc2C)cc1. The summed E-state index contributed by atoms with van der Waals surface area (Å²) in [6.07, 6.45) is -3.42. The highest BCUT2D eigenvalue weighted by Gasteiger charge is 2.29. The van der Waals surface area contributed by atoms with Crippen LogP contribution in [0.15, 0.2) is 54.7 Å². The van der Waals surface area contributed by atoms with Crippen LogP contribution in [0.2, 0.25) is 0 Å². The van der Waals surface area contributed by atoms with Crippen molar-refractivity contribution in [3.63, 3.8) is 0 Å². The van der Waals surface area contributed by atoms with E-state index in [9.17, 15) is 18.0 Å². The van der Waals surface area contributed by atoms with E-state index >= 15 is 0 Å². The Morgan fingerprint density at radius 2 is 1.82 bits per heavy atom. The number of benzene rings is 2. The number of hydrogen-bond acceptors (Lipinski definition) is 4. The number of nitrogens with one attached hydrogen (secondary N) is 1. The van der Waals surface area contributed by atoms with Crippen molar-refractivity contribution in [3.05, 3.63) is 77.1 Å². The first kappa shape index (κ1) is 24.4. The van der Waals surface area contributed by atoms with Gasteiger partial charge in [-0.15, -0.1) is 0 Å². The van der Waals surface area contributed by atoms with E-state index < -0.39 is 24.6 Å². The van der Waals surface area contributed by atoms with E-state index in [1.165, 1.54) is 7.11 Å². The molecule has 5 nitrogen and oxygen atoms in total. The van der Waals surface area contributed by atoms with Crippen molar-refractivity contribution >= 4 is 11.7 Å². The van der Waals surface area contributed by atoms with Gasteiger partial charge in [0.1, 0.15) is 0 Å². The van der Waals surface area contributed by atoms with Gasteiger partial charge in [0, 0.05) is 18.3 Å². The van der Waals surface area contributed by atoms with E-state index in [-0.39, 0.29) is 6.42 Å². The molecule has 0 aliphatic heterocycles. The number of aromatic nitrogens is 2. The number of alkyl halides is 3. The van der Waals surface area contributed by atoms with Gasteiger partial charge in [0.05, 0.1) is 30.1 Å². The van der Waals surface area contributed by atoms with Crippen LogP contribution in [0.5, 0.6) is 0 Å². The average molecular weight is 460 g/mol. The molecule has 33 heavy (non-hydrogen) atoms. The first-order chi connectivity index (χ1) is 15.6. The summed E-state index contributed by atoms with van der Waals surface area (Å²) >= 11 is 0. The lowest BCUT2D eigenvalue weighted by atomic mass is 9.96. The minimum absolute atomic E-state index is 0.123. The molecule has 0 aliphatic rings. The van der Waals surface area contributed by atoms with E-state index in [0.29, 0.717) is 17.2 Å². The molecule has 0 spiro atoms. The quantitative estimate of drug-likeness (QED) is 0.386. The molecule has 176 valence electrons. The number of anilines is 1. The number of esters is 1. The fraction of sp³-hybridized carbons (Fsp3) is 0.360. The van der Waals surface area contributed by atoms with Crippen molar-refractivity contribution in [2.24, 2.45) is 0 Å². The predicted molar refractivity (Wildman–Crippen MR) is 122 cm³/mol. The lowest BCUT2D eigenvalue weighted by Gasteiger charge is -2.23. The summed E-state index contributed by atoms with van der Waals surface area (Å²) in [5.74, 6) is -0.172. The Morgan fingerprint density at radius 1 is 1.12 bits per heavy atom. The van der Waals surface area contributed by atoms with Crippen molar-refractivity contribution in [2.45, 2.75) is 51.7 Å². The molecule has 3 aromatic rings. The highest BCUT2D eigenvalue weighted by atomic mass is 19.4. The van der Waals surface area contributed by atoms with Crippen molar-refractivity contribution in [1.82, 2.24) is 9.78 Å². The van der Waals surface area contributed by atoms with Gasteiger partial charge >= 0.3 is 12.1 Å². The number of rotatable bonds is 8. The average Bonchev–Trinajstić information content (AvgIpc) is 3.27. The summed E-state index contributed by atoms with van der Waals surface area (Å²) in [4.78, 5) is 11.6. The smallest absolute Gasteiger partial charge is 0.389 e. The molecule has 1 atom stereocenters. The number of hydrogen-bond donors (Lipinski definition) is 1. The second-order valence-corrected chi connectivity index (χ2v) is 8.30. The lowest BCUT2D eigenvalue weighted by molar-refractivity contribution is -0.136. The first-order valence-electron chi connectivity index (χ1n) is 10.8. The van der Waals surface area contributed by atoms with Gasteiger partial charge in [-0.3, -0.25) is 0 Å². The van der Waals surface area contributed by atoms with E-state index in [4.69, 9.17) is 0 Å². The number of nitrogens with zero attached hydrogens (tertiary/aromatic N) is 2. The Labute approximate surface area is 191 Å². The van der Waals surface area contributed by atoms with Crippen molar-refractivity contribution in [3.8, 4) is 5.69 Å². The summed E-state index contributed by atoms with van der Waals surface area (Å²) in [6, 6.07) is 13.5. The molecule has 2 aromatic carbocycles. The Balaban J connectivity index is 1.87. The van der Waals surface area contributed by atoms with Crippen LogP contribution in [0.1, 0.15) is 65.8 Å². The Kier molecular flexibility index (Phi) is 7.46. The molecule has 0 saturated heterocycles. The normalized spacial score (nSPS) is 12.6. The minimum atomic E-state index is -4.26. The van der Waals surface area contributed by atoms with Gasteiger partial charge in [-0.1, -0.05) is 19.9 Å². The van der Waals surface area contributed by atoms with E-state index in [1.54, 1.807) is 28.9 Å². The van der Waals surface area contributed by atoms with Crippen LogP contribution < -0.4 is 5.32 Å². The highest BCUT2D eigenvalue weighted by molar-refractivity contribution is 5.89. The van der Waals surface area contributed by atoms with Gasteiger partial charge in [0.2, 0.25) is 0 Å². The number of aryl methyl sites for hydroxylation is 1. The summed E-state index contributed by atoms with van der Waals surface area (Å²) in [6.45, 7) is 6.01. The molecule has 1 unspecified atom stereocenters. The third kappa shape index (κ3) is 6.37.